The first-order valence-electron chi connectivity index (χ1n) is 9.24. The van der Waals surface area contributed by atoms with Crippen molar-refractivity contribution in [2.45, 2.75) is 66.7 Å². The van der Waals surface area contributed by atoms with Gasteiger partial charge in [0, 0.05) is 5.92 Å². The minimum atomic E-state index is 0.540. The van der Waals surface area contributed by atoms with Crippen LogP contribution in [0.25, 0.3) is 0 Å². The van der Waals surface area contributed by atoms with Crippen molar-refractivity contribution in [2.24, 2.45) is 23.7 Å². The van der Waals surface area contributed by atoms with E-state index in [1.165, 1.54) is 31.3 Å². The van der Waals surface area contributed by atoms with Gasteiger partial charge in [-0.25, -0.2) is 0 Å². The van der Waals surface area contributed by atoms with Crippen LogP contribution >= 0.6 is 0 Å². The predicted molar refractivity (Wildman–Crippen MR) is 101 cm³/mol. The Hall–Kier alpha value is -1.04. The van der Waals surface area contributed by atoms with Gasteiger partial charge in [-0.3, -0.25) is 0 Å². The number of allylic oxidation sites excluding steroid dienone is 7. The minimum absolute atomic E-state index is 0.540. The maximum Gasteiger partial charge on any atom is 0.00739 e. The van der Waals surface area contributed by atoms with E-state index in [-0.39, 0.29) is 0 Å². The van der Waals surface area contributed by atoms with Crippen molar-refractivity contribution in [2.75, 3.05) is 0 Å². The summed E-state index contributed by atoms with van der Waals surface area (Å²) in [6, 6.07) is 0. The third-order valence-electron chi connectivity index (χ3n) is 4.72. The molecule has 0 aromatic heterocycles. The molecule has 0 heteroatoms. The minimum Gasteiger partial charge on any atom is -0.0952 e. The molecule has 1 fully saturated rings. The zero-order valence-corrected chi connectivity index (χ0v) is 15.4. The van der Waals surface area contributed by atoms with E-state index in [1.807, 2.05) is 0 Å². The number of rotatable bonds is 8. The van der Waals surface area contributed by atoms with Crippen LogP contribution in [0.3, 0.4) is 0 Å². The molecule has 124 valence electrons. The summed E-state index contributed by atoms with van der Waals surface area (Å²) in [6.07, 6.45) is 17.9. The van der Waals surface area contributed by atoms with Crippen molar-refractivity contribution in [3.8, 4) is 0 Å². The molecule has 22 heavy (non-hydrogen) atoms. The molecule has 0 aliphatic heterocycles. The van der Waals surface area contributed by atoms with Crippen molar-refractivity contribution in [3.63, 3.8) is 0 Å². The highest BCUT2D eigenvalue weighted by atomic mass is 14.4. The summed E-state index contributed by atoms with van der Waals surface area (Å²) < 4.78 is 0. The van der Waals surface area contributed by atoms with E-state index in [2.05, 4.69) is 71.6 Å². The molecule has 1 aliphatic rings. The van der Waals surface area contributed by atoms with E-state index >= 15 is 0 Å². The quantitative estimate of drug-likeness (QED) is 0.419. The van der Waals surface area contributed by atoms with Crippen LogP contribution in [0.4, 0.5) is 0 Å². The average molecular weight is 301 g/mol. The highest BCUT2D eigenvalue weighted by Crippen LogP contribution is 2.46. The van der Waals surface area contributed by atoms with Gasteiger partial charge in [-0.05, 0) is 42.6 Å². The Labute approximate surface area is 139 Å². The normalized spacial score (nSPS) is 27.7. The van der Waals surface area contributed by atoms with Crippen molar-refractivity contribution in [1.82, 2.24) is 0 Å². The van der Waals surface area contributed by atoms with Crippen LogP contribution in [0.2, 0.25) is 0 Å². The Kier molecular flexibility index (Phi) is 8.53. The smallest absolute Gasteiger partial charge is 0.00739 e. The molecule has 0 aromatic rings. The van der Waals surface area contributed by atoms with Crippen LogP contribution in [0, 0.1) is 23.7 Å². The molecule has 1 saturated carbocycles. The van der Waals surface area contributed by atoms with Gasteiger partial charge >= 0.3 is 0 Å². The monoisotopic (exact) mass is 300 g/mol. The Bertz CT molecular complexity index is 419. The largest absolute Gasteiger partial charge is 0.0952 e. The third kappa shape index (κ3) is 5.63. The van der Waals surface area contributed by atoms with E-state index in [9.17, 15) is 0 Å². The molecular weight excluding hydrogens is 264 g/mol. The lowest BCUT2D eigenvalue weighted by Gasteiger charge is -2.19. The summed E-state index contributed by atoms with van der Waals surface area (Å²) in [6.45, 7) is 15.8. The second-order valence-corrected chi connectivity index (χ2v) is 7.21. The Morgan fingerprint density at radius 3 is 2.64 bits per heavy atom. The molecule has 0 radical (unpaired) electrons. The lowest BCUT2D eigenvalue weighted by atomic mass is 9.85. The molecule has 3 unspecified atom stereocenters. The van der Waals surface area contributed by atoms with Crippen LogP contribution in [0.1, 0.15) is 66.7 Å². The molecule has 0 heterocycles. The summed E-state index contributed by atoms with van der Waals surface area (Å²) in [7, 11) is 0. The highest BCUT2D eigenvalue weighted by molar-refractivity contribution is 5.35. The topological polar surface area (TPSA) is 0 Å². The highest BCUT2D eigenvalue weighted by Gasteiger charge is 2.36. The van der Waals surface area contributed by atoms with E-state index < -0.39 is 0 Å². The van der Waals surface area contributed by atoms with Gasteiger partial charge in [0.05, 0.1) is 0 Å². The first-order chi connectivity index (χ1) is 10.5. The predicted octanol–water partition coefficient (Wildman–Crippen LogP) is 7.11. The summed E-state index contributed by atoms with van der Waals surface area (Å²) in [5, 5.41) is 0. The molecule has 3 atom stereocenters. The Balaban J connectivity index is 2.97. The molecule has 1 rings (SSSR count). The molecule has 0 N–H and O–H groups in total. The van der Waals surface area contributed by atoms with E-state index in [0.717, 1.165) is 12.3 Å². The van der Waals surface area contributed by atoms with Gasteiger partial charge in [-0.1, -0.05) is 90.0 Å². The van der Waals surface area contributed by atoms with Gasteiger partial charge in [0.25, 0.3) is 0 Å². The summed E-state index contributed by atoms with van der Waals surface area (Å²) >= 11 is 0. The number of unbranched alkanes of at least 4 members (excludes halogenated alkanes) is 1. The van der Waals surface area contributed by atoms with Gasteiger partial charge in [-0.15, -0.1) is 0 Å². The van der Waals surface area contributed by atoms with Gasteiger partial charge in [0.15, 0.2) is 0 Å². The summed E-state index contributed by atoms with van der Waals surface area (Å²) in [4.78, 5) is 0. The SMILES string of the molecule is C=C(/C=C/C(C)C)C1/C(=C\C=C/CC)C(CCCC)CC1C. The van der Waals surface area contributed by atoms with Crippen molar-refractivity contribution >= 4 is 0 Å². The number of hydrogen-bond donors (Lipinski definition) is 0. The standard InChI is InChI=1S/C22H36/c1-7-9-11-13-21-20(12-10-8-2)16-19(6)22(21)18(5)15-14-17(3)4/h9,11,13-15,17,19-20,22H,5,7-8,10,12,16H2,1-4,6H3/b11-9-,15-14+,21-13-. The Morgan fingerprint density at radius 2 is 2.05 bits per heavy atom. The van der Waals surface area contributed by atoms with Crippen molar-refractivity contribution in [1.29, 1.82) is 0 Å². The van der Waals surface area contributed by atoms with Crippen LogP contribution in [0.15, 0.2) is 48.1 Å². The van der Waals surface area contributed by atoms with Crippen LogP contribution in [0.5, 0.6) is 0 Å². The maximum absolute atomic E-state index is 4.40. The van der Waals surface area contributed by atoms with E-state index in [0.29, 0.717) is 17.8 Å². The Morgan fingerprint density at radius 1 is 1.32 bits per heavy atom. The molecule has 0 saturated heterocycles. The molecule has 0 spiro atoms. The first-order valence-corrected chi connectivity index (χ1v) is 9.24. The van der Waals surface area contributed by atoms with Crippen LogP contribution in [-0.4, -0.2) is 0 Å². The van der Waals surface area contributed by atoms with Gasteiger partial charge in [-0.2, -0.15) is 0 Å². The van der Waals surface area contributed by atoms with Crippen LogP contribution < -0.4 is 0 Å². The van der Waals surface area contributed by atoms with Crippen molar-refractivity contribution in [3.05, 3.63) is 48.1 Å². The lowest BCUT2D eigenvalue weighted by molar-refractivity contribution is 0.470. The first kappa shape index (κ1) is 19.0. The van der Waals surface area contributed by atoms with E-state index in [4.69, 9.17) is 0 Å². The second kappa shape index (κ2) is 9.87. The lowest BCUT2D eigenvalue weighted by Crippen LogP contribution is -2.08. The molecule has 0 aromatic carbocycles. The molecule has 0 bridgehead atoms. The zero-order valence-electron chi connectivity index (χ0n) is 15.4. The second-order valence-electron chi connectivity index (χ2n) is 7.21. The number of hydrogen-bond acceptors (Lipinski definition) is 0. The maximum atomic E-state index is 4.40. The summed E-state index contributed by atoms with van der Waals surface area (Å²) in [5.74, 6) is 2.60. The van der Waals surface area contributed by atoms with Gasteiger partial charge in [0.1, 0.15) is 0 Å². The van der Waals surface area contributed by atoms with Crippen LogP contribution in [-0.2, 0) is 0 Å². The molecule has 1 aliphatic carbocycles. The molecule has 0 nitrogen and oxygen atoms in total. The fraction of sp³-hybridized carbons (Fsp3) is 0.636. The van der Waals surface area contributed by atoms with E-state index in [1.54, 1.807) is 5.57 Å². The zero-order chi connectivity index (χ0) is 16.5. The summed E-state index contributed by atoms with van der Waals surface area (Å²) in [5.41, 5.74) is 2.93. The molecule has 0 amide bonds. The fourth-order valence-corrected chi connectivity index (χ4v) is 3.59. The third-order valence-corrected chi connectivity index (χ3v) is 4.72. The fourth-order valence-electron chi connectivity index (χ4n) is 3.59. The molecular formula is C22H36. The van der Waals surface area contributed by atoms with Gasteiger partial charge in [0.2, 0.25) is 0 Å². The van der Waals surface area contributed by atoms with Crippen molar-refractivity contribution < 1.29 is 0 Å². The average Bonchev–Trinajstić information content (AvgIpc) is 2.79. The van der Waals surface area contributed by atoms with Gasteiger partial charge < -0.3 is 0 Å².